The van der Waals surface area contributed by atoms with Crippen LogP contribution in [0, 0.1) is 5.92 Å². The minimum Gasteiger partial charge on any atom is -0.353 e. The molecule has 4 atom stereocenters. The zero-order valence-corrected chi connectivity index (χ0v) is 11.1. The molecule has 0 saturated carbocycles. The summed E-state index contributed by atoms with van der Waals surface area (Å²) in [7, 11) is 1.45. The van der Waals surface area contributed by atoms with E-state index >= 15 is 0 Å². The lowest BCUT2D eigenvalue weighted by molar-refractivity contribution is -0.241. The molecule has 1 unspecified atom stereocenters. The van der Waals surface area contributed by atoms with Crippen LogP contribution in [0.25, 0.3) is 0 Å². The number of methoxy groups -OCH3 is 1. The summed E-state index contributed by atoms with van der Waals surface area (Å²) in [5.41, 5.74) is -1.23. The average Bonchev–Trinajstić information content (AvgIpc) is 2.64. The van der Waals surface area contributed by atoms with Crippen molar-refractivity contribution in [1.82, 2.24) is 9.55 Å². The van der Waals surface area contributed by atoms with E-state index in [2.05, 4.69) is 4.98 Å². The van der Waals surface area contributed by atoms with Crippen LogP contribution >= 0.6 is 0 Å². The van der Waals surface area contributed by atoms with E-state index in [-0.39, 0.29) is 0 Å². The van der Waals surface area contributed by atoms with Crippen molar-refractivity contribution in [2.45, 2.75) is 38.5 Å². The fourth-order valence-corrected chi connectivity index (χ4v) is 2.49. The fraction of sp³-hybridized carbons (Fsp3) is 0.667. The second-order valence-electron chi connectivity index (χ2n) is 4.63. The summed E-state index contributed by atoms with van der Waals surface area (Å²) in [4.78, 5) is 24.8. The predicted molar refractivity (Wildman–Crippen MR) is 65.5 cm³/mol. The molecule has 1 aliphatic heterocycles. The lowest BCUT2D eigenvalue weighted by atomic mass is 9.96. The van der Waals surface area contributed by atoms with Crippen LogP contribution in [-0.2, 0) is 9.47 Å². The van der Waals surface area contributed by atoms with Crippen molar-refractivity contribution in [3.05, 3.63) is 33.1 Å². The Labute approximate surface area is 109 Å². The molecule has 1 N–H and O–H groups in total. The first-order valence-electron chi connectivity index (χ1n) is 6.13. The molecule has 19 heavy (non-hydrogen) atoms. The summed E-state index contributed by atoms with van der Waals surface area (Å²) in [6.45, 7) is 3.50. The third-order valence-electron chi connectivity index (χ3n) is 3.73. The number of ether oxygens (including phenoxy) is 2. The van der Waals surface area contributed by atoms with Crippen molar-refractivity contribution in [2.75, 3.05) is 7.11 Å². The number of rotatable bonds is 3. The number of nitrogens with one attached hydrogen (secondary N) is 1. The zero-order chi connectivity index (χ0) is 14.2. The van der Waals surface area contributed by atoms with Crippen LogP contribution in [0.5, 0.6) is 0 Å². The van der Waals surface area contributed by atoms with E-state index in [9.17, 15) is 14.0 Å². The molecule has 1 saturated heterocycles. The number of halogens is 1. The minimum absolute atomic E-state index is 0.458. The van der Waals surface area contributed by atoms with Gasteiger partial charge in [-0.25, -0.2) is 9.18 Å². The molecule has 6 nitrogen and oxygen atoms in total. The first-order chi connectivity index (χ1) is 8.95. The molecule has 1 aliphatic rings. The molecule has 106 valence electrons. The maximum Gasteiger partial charge on any atom is 0.330 e. The molecule has 0 radical (unpaired) electrons. The molecule has 0 aliphatic carbocycles. The molecule has 1 fully saturated rings. The molecule has 2 rings (SSSR count). The van der Waals surface area contributed by atoms with Gasteiger partial charge in [-0.1, -0.05) is 13.8 Å². The van der Waals surface area contributed by atoms with Gasteiger partial charge in [0.1, 0.15) is 0 Å². The molecule has 7 heteroatoms. The highest BCUT2D eigenvalue weighted by molar-refractivity contribution is 4.95. The highest BCUT2D eigenvalue weighted by Crippen LogP contribution is 2.44. The Balaban J connectivity index is 2.42. The summed E-state index contributed by atoms with van der Waals surface area (Å²) in [6, 6.07) is 1.15. The van der Waals surface area contributed by atoms with Crippen LogP contribution in [0.1, 0.15) is 26.5 Å². The molecular formula is C12H17FN2O4. The normalized spacial score (nSPS) is 34.6. The van der Waals surface area contributed by atoms with Crippen molar-refractivity contribution < 1.29 is 13.9 Å². The van der Waals surface area contributed by atoms with Gasteiger partial charge < -0.3 is 9.47 Å². The third-order valence-corrected chi connectivity index (χ3v) is 3.73. The molecule has 0 spiro atoms. The fourth-order valence-electron chi connectivity index (χ4n) is 2.49. The Morgan fingerprint density at radius 1 is 1.58 bits per heavy atom. The number of nitrogens with zero attached hydrogens (tertiary/aromatic N) is 1. The Morgan fingerprint density at radius 3 is 2.74 bits per heavy atom. The van der Waals surface area contributed by atoms with Crippen molar-refractivity contribution in [1.29, 1.82) is 0 Å². The highest BCUT2D eigenvalue weighted by atomic mass is 19.1. The van der Waals surface area contributed by atoms with Gasteiger partial charge in [-0.2, -0.15) is 0 Å². The predicted octanol–water partition coefficient (Wildman–Crippen LogP) is 0.792. The molecular weight excluding hydrogens is 255 g/mol. The molecule has 1 aromatic heterocycles. The summed E-state index contributed by atoms with van der Waals surface area (Å²) in [5.74, 6) is -1.58. The van der Waals surface area contributed by atoms with Gasteiger partial charge in [-0.15, -0.1) is 0 Å². The molecule has 1 aromatic rings. The Morgan fingerprint density at radius 2 is 2.26 bits per heavy atom. The topological polar surface area (TPSA) is 73.3 Å². The van der Waals surface area contributed by atoms with Gasteiger partial charge in [-0.05, 0) is 6.42 Å². The first-order valence-corrected chi connectivity index (χ1v) is 6.13. The third kappa shape index (κ3) is 2.12. The van der Waals surface area contributed by atoms with Crippen molar-refractivity contribution in [3.63, 3.8) is 0 Å². The van der Waals surface area contributed by atoms with Crippen molar-refractivity contribution in [3.8, 4) is 0 Å². The van der Waals surface area contributed by atoms with Crippen LogP contribution in [0.4, 0.5) is 4.39 Å². The van der Waals surface area contributed by atoms with Gasteiger partial charge in [0.15, 0.2) is 18.2 Å². The number of aromatic nitrogens is 2. The summed E-state index contributed by atoms with van der Waals surface area (Å²) < 4.78 is 26.3. The van der Waals surface area contributed by atoms with Crippen molar-refractivity contribution in [2.24, 2.45) is 5.92 Å². The Bertz CT molecular complexity index is 563. The van der Waals surface area contributed by atoms with Crippen LogP contribution in [-0.4, -0.2) is 28.6 Å². The van der Waals surface area contributed by atoms with E-state index in [1.54, 1.807) is 6.92 Å². The zero-order valence-electron chi connectivity index (χ0n) is 11.1. The van der Waals surface area contributed by atoms with Gasteiger partial charge >= 0.3 is 5.69 Å². The lowest BCUT2D eigenvalue weighted by Crippen LogP contribution is -2.37. The lowest BCUT2D eigenvalue weighted by Gasteiger charge is -2.29. The summed E-state index contributed by atoms with van der Waals surface area (Å²) in [6.07, 6.45) is -0.811. The largest absolute Gasteiger partial charge is 0.353 e. The second-order valence-corrected chi connectivity index (χ2v) is 4.63. The maximum atomic E-state index is 14.4. The molecule has 0 amide bonds. The summed E-state index contributed by atoms with van der Waals surface area (Å²) in [5, 5.41) is 0. The van der Waals surface area contributed by atoms with E-state index in [1.165, 1.54) is 13.3 Å². The monoisotopic (exact) mass is 272 g/mol. The minimum atomic E-state index is -1.40. The van der Waals surface area contributed by atoms with Gasteiger partial charge in [0.25, 0.3) is 5.56 Å². The van der Waals surface area contributed by atoms with Gasteiger partial charge in [-0.3, -0.25) is 14.3 Å². The van der Waals surface area contributed by atoms with E-state index in [0.717, 1.165) is 10.6 Å². The Kier molecular flexibility index (Phi) is 3.60. The summed E-state index contributed by atoms with van der Waals surface area (Å²) >= 11 is 0. The van der Waals surface area contributed by atoms with Gasteiger partial charge in [0, 0.05) is 25.3 Å². The van der Waals surface area contributed by atoms with Crippen LogP contribution in [0.2, 0.25) is 0 Å². The Hall–Kier alpha value is -1.47. The number of H-pyrrole nitrogens is 1. The molecule has 0 aromatic carbocycles. The van der Waals surface area contributed by atoms with Crippen LogP contribution in [0.15, 0.2) is 21.9 Å². The first kappa shape index (κ1) is 14.0. The van der Waals surface area contributed by atoms with Gasteiger partial charge in [0.2, 0.25) is 0 Å². The number of alkyl halides is 1. The number of aromatic amines is 1. The van der Waals surface area contributed by atoms with E-state index in [0.29, 0.717) is 6.42 Å². The van der Waals surface area contributed by atoms with Crippen LogP contribution in [0.3, 0.4) is 0 Å². The molecule has 2 heterocycles. The maximum absolute atomic E-state index is 14.4. The standard InChI is InChI=1S/C12H17FN2O4/c1-4-12(18-3)7(2)9(13)10(19-12)15-6-5-8(16)14-11(15)17/h5-7,9-10H,4H2,1-3H3,(H,14,16,17)/t7?,9-,10+,12-/m0/s1. The molecule has 0 bridgehead atoms. The van der Waals surface area contributed by atoms with Crippen molar-refractivity contribution >= 4 is 0 Å². The van der Waals surface area contributed by atoms with E-state index in [4.69, 9.17) is 9.47 Å². The second kappa shape index (κ2) is 4.90. The average molecular weight is 272 g/mol. The SMILES string of the molecule is CC[C@]1(OC)O[C@@H](n2ccc(=O)[nH]c2=O)[C@@H](F)C1C. The smallest absolute Gasteiger partial charge is 0.330 e. The van der Waals surface area contributed by atoms with E-state index in [1.807, 2.05) is 6.92 Å². The highest BCUT2D eigenvalue weighted by Gasteiger charge is 2.53. The quantitative estimate of drug-likeness (QED) is 0.883. The van der Waals surface area contributed by atoms with Crippen LogP contribution < -0.4 is 11.2 Å². The number of hydrogen-bond acceptors (Lipinski definition) is 4. The number of hydrogen-bond donors (Lipinski definition) is 1. The van der Waals surface area contributed by atoms with Gasteiger partial charge in [0.05, 0.1) is 0 Å². The van der Waals surface area contributed by atoms with E-state index < -0.39 is 35.4 Å².